The Bertz CT molecular complexity index is 494. The first-order valence-corrected chi connectivity index (χ1v) is 6.78. The van der Waals surface area contributed by atoms with Crippen molar-refractivity contribution in [2.75, 3.05) is 25.0 Å². The van der Waals surface area contributed by atoms with Gasteiger partial charge in [-0.15, -0.1) is 0 Å². The third-order valence-corrected chi connectivity index (χ3v) is 3.48. The Labute approximate surface area is 118 Å². The van der Waals surface area contributed by atoms with E-state index in [1.807, 2.05) is 31.2 Å². The van der Waals surface area contributed by atoms with Crippen molar-refractivity contribution in [1.82, 2.24) is 4.90 Å². The predicted octanol–water partition coefficient (Wildman–Crippen LogP) is 2.35. The average molecular weight is 276 g/mol. The van der Waals surface area contributed by atoms with Crippen LogP contribution in [0.4, 0.5) is 10.5 Å². The van der Waals surface area contributed by atoms with Crippen LogP contribution in [0.1, 0.15) is 18.4 Å². The van der Waals surface area contributed by atoms with Gasteiger partial charge in [-0.2, -0.15) is 0 Å². The number of aryl methyl sites for hydroxylation is 1. The van der Waals surface area contributed by atoms with E-state index in [1.54, 1.807) is 7.05 Å². The molecule has 1 fully saturated rings. The highest BCUT2D eigenvalue weighted by molar-refractivity contribution is 5.93. The minimum Gasteiger partial charge on any atom is -0.480 e. The lowest BCUT2D eigenvalue weighted by Gasteiger charge is -2.27. The van der Waals surface area contributed by atoms with Gasteiger partial charge in [0.2, 0.25) is 0 Å². The van der Waals surface area contributed by atoms with Crippen molar-refractivity contribution < 1.29 is 14.7 Å². The van der Waals surface area contributed by atoms with E-state index in [-0.39, 0.29) is 12.6 Å². The first-order chi connectivity index (χ1) is 9.47. The number of carboxylic acids is 1. The summed E-state index contributed by atoms with van der Waals surface area (Å²) in [5, 5.41) is 8.94. The molecule has 0 aromatic heterocycles. The van der Waals surface area contributed by atoms with Gasteiger partial charge in [0.25, 0.3) is 0 Å². The van der Waals surface area contributed by atoms with Crippen LogP contribution in [0.15, 0.2) is 24.3 Å². The van der Waals surface area contributed by atoms with E-state index >= 15 is 0 Å². The van der Waals surface area contributed by atoms with Gasteiger partial charge in [0.1, 0.15) is 6.54 Å². The molecule has 1 saturated carbocycles. The lowest BCUT2D eigenvalue weighted by atomic mass is 10.2. The summed E-state index contributed by atoms with van der Waals surface area (Å²) in [5.41, 5.74) is 1.89. The van der Waals surface area contributed by atoms with E-state index in [4.69, 9.17) is 5.11 Å². The summed E-state index contributed by atoms with van der Waals surface area (Å²) < 4.78 is 0. The van der Waals surface area contributed by atoms with Gasteiger partial charge in [-0.1, -0.05) is 17.7 Å². The number of carbonyl (C=O) groups excluding carboxylic acids is 1. The average Bonchev–Trinajstić information content (AvgIpc) is 3.20. The molecule has 0 spiro atoms. The van der Waals surface area contributed by atoms with Crippen molar-refractivity contribution >= 4 is 17.7 Å². The van der Waals surface area contributed by atoms with Crippen LogP contribution in [0, 0.1) is 12.8 Å². The van der Waals surface area contributed by atoms with E-state index in [9.17, 15) is 9.59 Å². The molecule has 2 rings (SSSR count). The maximum Gasteiger partial charge on any atom is 0.324 e. The summed E-state index contributed by atoms with van der Waals surface area (Å²) in [6.07, 6.45) is 2.16. The standard InChI is InChI=1S/C15H20N2O3/c1-11-3-7-13(8-4-11)16(2)15(20)17(10-14(18)19)9-12-5-6-12/h3-4,7-8,12H,5-6,9-10H2,1-2H3,(H,18,19). The first kappa shape index (κ1) is 14.4. The Balaban J connectivity index is 2.08. The van der Waals surface area contributed by atoms with E-state index in [0.29, 0.717) is 12.5 Å². The Kier molecular flexibility index (Phi) is 4.27. The number of carboxylic acid groups (broad SMARTS) is 1. The normalized spacial score (nSPS) is 13.9. The number of nitrogens with zero attached hydrogens (tertiary/aromatic N) is 2. The molecule has 1 aliphatic rings. The zero-order valence-electron chi connectivity index (χ0n) is 11.9. The molecular weight excluding hydrogens is 256 g/mol. The maximum absolute atomic E-state index is 12.4. The number of anilines is 1. The lowest BCUT2D eigenvalue weighted by molar-refractivity contribution is -0.137. The summed E-state index contributed by atoms with van der Waals surface area (Å²) in [7, 11) is 1.68. The summed E-state index contributed by atoms with van der Waals surface area (Å²) in [5.74, 6) is -0.513. The topological polar surface area (TPSA) is 60.9 Å². The first-order valence-electron chi connectivity index (χ1n) is 6.78. The maximum atomic E-state index is 12.4. The van der Waals surface area contributed by atoms with Crippen LogP contribution >= 0.6 is 0 Å². The van der Waals surface area contributed by atoms with E-state index in [2.05, 4.69) is 0 Å². The molecular formula is C15H20N2O3. The smallest absolute Gasteiger partial charge is 0.324 e. The van der Waals surface area contributed by atoms with Crippen molar-refractivity contribution in [3.63, 3.8) is 0 Å². The molecule has 1 aliphatic carbocycles. The summed E-state index contributed by atoms with van der Waals surface area (Å²) in [6, 6.07) is 7.33. The molecule has 0 radical (unpaired) electrons. The van der Waals surface area contributed by atoms with Crippen LogP contribution in [-0.2, 0) is 4.79 Å². The monoisotopic (exact) mass is 276 g/mol. The van der Waals surface area contributed by atoms with Crippen LogP contribution in [0.2, 0.25) is 0 Å². The van der Waals surface area contributed by atoms with Crippen molar-refractivity contribution in [3.05, 3.63) is 29.8 Å². The number of aliphatic carboxylic acids is 1. The van der Waals surface area contributed by atoms with Crippen LogP contribution in [-0.4, -0.2) is 42.1 Å². The van der Waals surface area contributed by atoms with Gasteiger partial charge in [0.15, 0.2) is 0 Å². The van der Waals surface area contributed by atoms with Crippen molar-refractivity contribution in [1.29, 1.82) is 0 Å². The zero-order chi connectivity index (χ0) is 14.7. The molecule has 1 aromatic carbocycles. The van der Waals surface area contributed by atoms with Crippen molar-refractivity contribution in [3.8, 4) is 0 Å². The van der Waals surface area contributed by atoms with E-state index in [0.717, 1.165) is 24.1 Å². The number of urea groups is 1. The minimum absolute atomic E-state index is 0.245. The largest absolute Gasteiger partial charge is 0.480 e. The van der Waals surface area contributed by atoms with Gasteiger partial charge in [-0.05, 0) is 37.8 Å². The zero-order valence-corrected chi connectivity index (χ0v) is 11.9. The van der Waals surface area contributed by atoms with Crippen LogP contribution in [0.25, 0.3) is 0 Å². The van der Waals surface area contributed by atoms with Crippen LogP contribution in [0.5, 0.6) is 0 Å². The van der Waals surface area contributed by atoms with Crippen molar-refractivity contribution in [2.24, 2.45) is 5.92 Å². The van der Waals surface area contributed by atoms with Gasteiger partial charge < -0.3 is 10.0 Å². The molecule has 0 bridgehead atoms. The molecule has 0 saturated heterocycles. The van der Waals surface area contributed by atoms with Gasteiger partial charge >= 0.3 is 12.0 Å². The minimum atomic E-state index is -0.976. The molecule has 0 unspecified atom stereocenters. The van der Waals surface area contributed by atoms with Gasteiger partial charge in [0.05, 0.1) is 0 Å². The molecule has 20 heavy (non-hydrogen) atoms. The van der Waals surface area contributed by atoms with E-state index in [1.165, 1.54) is 9.80 Å². The highest BCUT2D eigenvalue weighted by Crippen LogP contribution is 2.30. The summed E-state index contributed by atoms with van der Waals surface area (Å²) in [6.45, 7) is 2.27. The number of rotatable bonds is 5. The highest BCUT2D eigenvalue weighted by Gasteiger charge is 2.29. The van der Waals surface area contributed by atoms with Crippen molar-refractivity contribution in [2.45, 2.75) is 19.8 Å². The number of amides is 2. The summed E-state index contributed by atoms with van der Waals surface area (Å²) >= 11 is 0. The lowest BCUT2D eigenvalue weighted by Crippen LogP contribution is -2.44. The van der Waals surface area contributed by atoms with Crippen LogP contribution in [0.3, 0.4) is 0 Å². The Hall–Kier alpha value is -2.04. The second-order valence-corrected chi connectivity index (χ2v) is 5.39. The molecule has 5 heteroatoms. The number of hydrogen-bond acceptors (Lipinski definition) is 2. The van der Waals surface area contributed by atoms with Crippen LogP contribution < -0.4 is 4.90 Å². The molecule has 2 amide bonds. The number of carbonyl (C=O) groups is 2. The Morgan fingerprint density at radius 2 is 1.85 bits per heavy atom. The second-order valence-electron chi connectivity index (χ2n) is 5.39. The fourth-order valence-electron chi connectivity index (χ4n) is 2.08. The second kappa shape index (κ2) is 5.94. The molecule has 1 N–H and O–H groups in total. The van der Waals surface area contributed by atoms with Gasteiger partial charge in [-0.25, -0.2) is 4.79 Å². The third-order valence-electron chi connectivity index (χ3n) is 3.48. The van der Waals surface area contributed by atoms with Gasteiger partial charge in [0, 0.05) is 19.3 Å². The van der Waals surface area contributed by atoms with E-state index < -0.39 is 5.97 Å². The predicted molar refractivity (Wildman–Crippen MR) is 76.9 cm³/mol. The molecule has 0 aliphatic heterocycles. The number of hydrogen-bond donors (Lipinski definition) is 1. The highest BCUT2D eigenvalue weighted by atomic mass is 16.4. The number of benzene rings is 1. The fourth-order valence-corrected chi connectivity index (χ4v) is 2.08. The SMILES string of the molecule is Cc1ccc(N(C)C(=O)N(CC(=O)O)CC2CC2)cc1. The molecule has 108 valence electrons. The molecule has 0 heterocycles. The molecule has 1 aromatic rings. The Morgan fingerprint density at radius 3 is 2.35 bits per heavy atom. The fraction of sp³-hybridized carbons (Fsp3) is 0.467. The molecule has 0 atom stereocenters. The third kappa shape index (κ3) is 3.73. The quantitative estimate of drug-likeness (QED) is 0.898. The molecule has 5 nitrogen and oxygen atoms in total. The Morgan fingerprint density at radius 1 is 1.25 bits per heavy atom. The van der Waals surface area contributed by atoms with Gasteiger partial charge in [-0.3, -0.25) is 9.69 Å². The summed E-state index contributed by atoms with van der Waals surface area (Å²) in [4.78, 5) is 26.2.